The zero-order chi connectivity index (χ0) is 13.8. The van der Waals surface area contributed by atoms with Crippen molar-refractivity contribution in [3.8, 4) is 0 Å². The third kappa shape index (κ3) is 4.35. The fourth-order valence-corrected chi connectivity index (χ4v) is 2.23. The summed E-state index contributed by atoms with van der Waals surface area (Å²) in [7, 11) is 0. The second-order valence-electron chi connectivity index (χ2n) is 5.77. The molecule has 1 aromatic rings. The van der Waals surface area contributed by atoms with Gasteiger partial charge in [0.1, 0.15) is 0 Å². The Balaban J connectivity index is 1.84. The van der Waals surface area contributed by atoms with E-state index >= 15 is 0 Å². The number of aliphatic hydroxyl groups is 1. The van der Waals surface area contributed by atoms with E-state index in [1.807, 2.05) is 12.1 Å². The quantitative estimate of drug-likeness (QED) is 0.799. The van der Waals surface area contributed by atoms with Crippen LogP contribution < -0.4 is 0 Å². The molecule has 3 heteroatoms. The van der Waals surface area contributed by atoms with E-state index < -0.39 is 6.10 Å². The maximum atomic E-state index is 11.5. The molecule has 1 amide bonds. The summed E-state index contributed by atoms with van der Waals surface area (Å²) in [6.07, 6.45) is 1.48. The summed E-state index contributed by atoms with van der Waals surface area (Å²) in [4.78, 5) is 13.3. The van der Waals surface area contributed by atoms with E-state index in [0.29, 0.717) is 18.8 Å². The highest BCUT2D eigenvalue weighted by atomic mass is 16.3. The van der Waals surface area contributed by atoms with Crippen LogP contribution in [0.1, 0.15) is 43.9 Å². The van der Waals surface area contributed by atoms with Crippen LogP contribution in [0, 0.1) is 5.92 Å². The predicted octanol–water partition coefficient (Wildman–Crippen LogP) is 2.54. The number of hydrogen-bond acceptors (Lipinski definition) is 2. The Morgan fingerprint density at radius 1 is 1.26 bits per heavy atom. The summed E-state index contributed by atoms with van der Waals surface area (Å²) < 4.78 is 0. The Morgan fingerprint density at radius 3 is 2.42 bits per heavy atom. The number of amides is 1. The summed E-state index contributed by atoms with van der Waals surface area (Å²) in [6.45, 7) is 6.17. The van der Waals surface area contributed by atoms with Gasteiger partial charge in [0, 0.05) is 19.5 Å². The highest BCUT2D eigenvalue weighted by Gasteiger charge is 2.24. The summed E-state index contributed by atoms with van der Waals surface area (Å²) in [5.74, 6) is 0.802. The van der Waals surface area contributed by atoms with Gasteiger partial charge in [0.2, 0.25) is 5.91 Å². The first kappa shape index (κ1) is 14.1. The summed E-state index contributed by atoms with van der Waals surface area (Å²) in [6, 6.07) is 8.10. The lowest BCUT2D eigenvalue weighted by Crippen LogP contribution is -2.11. The van der Waals surface area contributed by atoms with Crippen LogP contribution in [0.15, 0.2) is 24.3 Å². The molecular formula is C16H23NO2. The third-order valence-corrected chi connectivity index (χ3v) is 3.44. The molecule has 1 saturated heterocycles. The van der Waals surface area contributed by atoms with E-state index in [0.717, 1.165) is 25.1 Å². The average molecular weight is 261 g/mol. The molecule has 1 N–H and O–H groups in total. The molecule has 19 heavy (non-hydrogen) atoms. The summed E-state index contributed by atoms with van der Waals surface area (Å²) in [5.41, 5.74) is 2.21. The smallest absolute Gasteiger partial charge is 0.222 e. The molecule has 0 bridgehead atoms. The van der Waals surface area contributed by atoms with Gasteiger partial charge in [-0.25, -0.2) is 0 Å². The lowest BCUT2D eigenvalue weighted by atomic mass is 9.99. The third-order valence-electron chi connectivity index (χ3n) is 3.44. The molecule has 1 atom stereocenters. The number of carbonyl (C=O) groups excluding carboxylic acids is 1. The summed E-state index contributed by atoms with van der Waals surface area (Å²) in [5, 5.41) is 10.1. The number of rotatable bonds is 6. The molecule has 0 radical (unpaired) electrons. The van der Waals surface area contributed by atoms with Crippen molar-refractivity contribution < 1.29 is 9.90 Å². The Kier molecular flexibility index (Phi) is 4.59. The highest BCUT2D eigenvalue weighted by molar-refractivity contribution is 5.78. The Hall–Kier alpha value is -1.35. The maximum Gasteiger partial charge on any atom is 0.222 e. The normalized spacial score (nSPS) is 15.7. The average Bonchev–Trinajstić information content (AvgIpc) is 3.20. The molecule has 0 aliphatic carbocycles. The molecule has 0 saturated carbocycles. The minimum atomic E-state index is -0.531. The van der Waals surface area contributed by atoms with Crippen LogP contribution >= 0.6 is 0 Å². The Labute approximate surface area is 115 Å². The first-order chi connectivity index (χ1) is 9.06. The molecule has 1 heterocycles. The summed E-state index contributed by atoms with van der Waals surface area (Å²) >= 11 is 0. The Bertz CT molecular complexity index is 421. The van der Waals surface area contributed by atoms with Gasteiger partial charge in [-0.15, -0.1) is 0 Å². The van der Waals surface area contributed by atoms with Crippen LogP contribution in [0.2, 0.25) is 0 Å². The molecule has 1 aliphatic heterocycles. The largest absolute Gasteiger partial charge is 0.388 e. The molecule has 1 unspecified atom stereocenters. The number of benzene rings is 1. The fraction of sp³-hybridized carbons (Fsp3) is 0.562. The van der Waals surface area contributed by atoms with Crippen molar-refractivity contribution in [2.45, 2.75) is 39.2 Å². The van der Waals surface area contributed by atoms with Crippen LogP contribution in [0.4, 0.5) is 0 Å². The first-order valence-electron chi connectivity index (χ1n) is 7.11. The van der Waals surface area contributed by atoms with Gasteiger partial charge in [0.05, 0.1) is 6.10 Å². The molecule has 1 aromatic carbocycles. The van der Waals surface area contributed by atoms with Crippen molar-refractivity contribution in [1.29, 1.82) is 0 Å². The van der Waals surface area contributed by atoms with E-state index in [4.69, 9.17) is 0 Å². The van der Waals surface area contributed by atoms with Gasteiger partial charge in [0.15, 0.2) is 0 Å². The first-order valence-corrected chi connectivity index (χ1v) is 7.11. The lowest BCUT2D eigenvalue weighted by molar-refractivity contribution is -0.126. The van der Waals surface area contributed by atoms with Crippen molar-refractivity contribution in [2.75, 3.05) is 13.1 Å². The fourth-order valence-electron chi connectivity index (χ4n) is 2.23. The molecule has 1 aliphatic rings. The highest BCUT2D eigenvalue weighted by Crippen LogP contribution is 2.21. The van der Waals surface area contributed by atoms with Crippen molar-refractivity contribution >= 4 is 5.91 Å². The monoisotopic (exact) mass is 261 g/mol. The SMILES string of the molecule is CC(C)Cc1ccc(C(O)CCC(=O)N2CC2)cc1. The molecule has 3 nitrogen and oxygen atoms in total. The van der Waals surface area contributed by atoms with Gasteiger partial charge in [-0.2, -0.15) is 0 Å². The second kappa shape index (κ2) is 6.20. The van der Waals surface area contributed by atoms with Crippen LogP contribution in [-0.4, -0.2) is 29.0 Å². The van der Waals surface area contributed by atoms with E-state index in [-0.39, 0.29) is 5.91 Å². The van der Waals surface area contributed by atoms with Crippen LogP contribution in [0.3, 0.4) is 0 Å². The standard InChI is InChI=1S/C16H23NO2/c1-12(2)11-13-3-5-14(6-4-13)15(18)7-8-16(19)17-9-10-17/h3-6,12,15,18H,7-11H2,1-2H3. The molecule has 0 spiro atoms. The number of aliphatic hydroxyl groups excluding tert-OH is 1. The Morgan fingerprint density at radius 2 is 1.89 bits per heavy atom. The van der Waals surface area contributed by atoms with Gasteiger partial charge < -0.3 is 10.0 Å². The maximum absolute atomic E-state index is 11.5. The number of nitrogens with zero attached hydrogens (tertiary/aromatic N) is 1. The predicted molar refractivity (Wildman–Crippen MR) is 75.8 cm³/mol. The topological polar surface area (TPSA) is 40.3 Å². The number of carbonyl (C=O) groups is 1. The van der Waals surface area contributed by atoms with E-state index in [2.05, 4.69) is 26.0 Å². The minimum absolute atomic E-state index is 0.162. The van der Waals surface area contributed by atoms with Crippen molar-refractivity contribution in [2.24, 2.45) is 5.92 Å². The van der Waals surface area contributed by atoms with E-state index in [9.17, 15) is 9.90 Å². The molecule has 0 aromatic heterocycles. The minimum Gasteiger partial charge on any atom is -0.388 e. The van der Waals surface area contributed by atoms with Crippen LogP contribution in [0.5, 0.6) is 0 Å². The lowest BCUT2D eigenvalue weighted by Gasteiger charge is -2.12. The second-order valence-corrected chi connectivity index (χ2v) is 5.77. The van der Waals surface area contributed by atoms with Crippen molar-refractivity contribution in [3.63, 3.8) is 0 Å². The van der Waals surface area contributed by atoms with Gasteiger partial charge >= 0.3 is 0 Å². The molecule has 1 fully saturated rings. The van der Waals surface area contributed by atoms with Gasteiger partial charge in [-0.05, 0) is 29.9 Å². The van der Waals surface area contributed by atoms with Crippen LogP contribution in [-0.2, 0) is 11.2 Å². The van der Waals surface area contributed by atoms with Gasteiger partial charge in [0.25, 0.3) is 0 Å². The molecular weight excluding hydrogens is 238 g/mol. The zero-order valence-electron chi connectivity index (χ0n) is 11.8. The van der Waals surface area contributed by atoms with Gasteiger partial charge in [-0.1, -0.05) is 38.1 Å². The van der Waals surface area contributed by atoms with Crippen molar-refractivity contribution in [3.05, 3.63) is 35.4 Å². The molecule has 2 rings (SSSR count). The zero-order valence-corrected chi connectivity index (χ0v) is 11.8. The molecule has 104 valence electrons. The van der Waals surface area contributed by atoms with E-state index in [1.165, 1.54) is 5.56 Å². The van der Waals surface area contributed by atoms with Crippen molar-refractivity contribution in [1.82, 2.24) is 4.90 Å². The van der Waals surface area contributed by atoms with E-state index in [1.54, 1.807) is 4.90 Å². The van der Waals surface area contributed by atoms with Crippen LogP contribution in [0.25, 0.3) is 0 Å². The van der Waals surface area contributed by atoms with Gasteiger partial charge in [-0.3, -0.25) is 4.79 Å². The number of hydrogen-bond donors (Lipinski definition) is 1.